The largest absolute Gasteiger partial charge is 0.399 e. The van der Waals surface area contributed by atoms with Gasteiger partial charge in [0.2, 0.25) is 10.0 Å². The fourth-order valence-electron chi connectivity index (χ4n) is 1.58. The first-order valence-corrected chi connectivity index (χ1v) is 7.37. The molecular formula is C13H15N3O2S. The maximum absolute atomic E-state index is 12.0. The Bertz CT molecular complexity index is 596. The molecule has 0 saturated heterocycles. The number of hydrogen-bond donors (Lipinski definition) is 2. The highest BCUT2D eigenvalue weighted by Crippen LogP contribution is 2.13. The van der Waals surface area contributed by atoms with Gasteiger partial charge in [-0.2, -0.15) is 0 Å². The Balaban J connectivity index is 2.10. The lowest BCUT2D eigenvalue weighted by Gasteiger charge is -2.08. The second-order valence-corrected chi connectivity index (χ2v) is 6.01. The summed E-state index contributed by atoms with van der Waals surface area (Å²) < 4.78 is 26.4. The molecule has 1 aromatic heterocycles. The van der Waals surface area contributed by atoms with E-state index in [1.807, 2.05) is 6.92 Å². The molecule has 0 radical (unpaired) electrons. The normalized spacial score (nSPS) is 11.2. The number of nitrogens with one attached hydrogen (secondary N) is 1. The maximum Gasteiger partial charge on any atom is 0.236 e. The zero-order valence-corrected chi connectivity index (χ0v) is 11.3. The first-order valence-electron chi connectivity index (χ1n) is 5.72. The summed E-state index contributed by atoms with van der Waals surface area (Å²) in [7, 11) is -3.44. The van der Waals surface area contributed by atoms with Gasteiger partial charge in [0.1, 0.15) is 0 Å². The van der Waals surface area contributed by atoms with Crippen LogP contribution in [0.1, 0.15) is 11.3 Å². The Morgan fingerprint density at radius 3 is 2.42 bits per heavy atom. The van der Waals surface area contributed by atoms with E-state index in [0.717, 1.165) is 5.69 Å². The molecule has 6 heteroatoms. The first-order chi connectivity index (χ1) is 8.94. The fourth-order valence-corrected chi connectivity index (χ4v) is 2.76. The van der Waals surface area contributed by atoms with Gasteiger partial charge in [-0.15, -0.1) is 0 Å². The third-order valence-electron chi connectivity index (χ3n) is 2.52. The molecule has 0 bridgehead atoms. The van der Waals surface area contributed by atoms with Crippen molar-refractivity contribution in [3.8, 4) is 0 Å². The molecule has 1 heterocycles. The minimum Gasteiger partial charge on any atom is -0.399 e. The van der Waals surface area contributed by atoms with E-state index in [1.54, 1.807) is 36.4 Å². The molecule has 0 atom stereocenters. The standard InChI is InChI=1S/C13H15N3O2S/c1-10-2-7-13(8-15-10)16-19(17,18)9-11-3-5-12(14)6-4-11/h2-8,16H,9,14H2,1H3. The summed E-state index contributed by atoms with van der Waals surface area (Å²) >= 11 is 0. The van der Waals surface area contributed by atoms with Crippen molar-refractivity contribution in [1.29, 1.82) is 0 Å². The van der Waals surface area contributed by atoms with Gasteiger partial charge in [0.15, 0.2) is 0 Å². The first kappa shape index (κ1) is 13.4. The molecule has 0 unspecified atom stereocenters. The molecule has 5 nitrogen and oxygen atoms in total. The van der Waals surface area contributed by atoms with Gasteiger partial charge in [-0.3, -0.25) is 9.71 Å². The Labute approximate surface area is 112 Å². The highest BCUT2D eigenvalue weighted by atomic mass is 32.2. The Hall–Kier alpha value is -2.08. The molecule has 19 heavy (non-hydrogen) atoms. The number of hydrogen-bond acceptors (Lipinski definition) is 4. The SMILES string of the molecule is Cc1ccc(NS(=O)(=O)Cc2ccc(N)cc2)cn1. The molecule has 0 saturated carbocycles. The average molecular weight is 277 g/mol. The van der Waals surface area contributed by atoms with E-state index >= 15 is 0 Å². The van der Waals surface area contributed by atoms with Crippen LogP contribution in [0.2, 0.25) is 0 Å². The van der Waals surface area contributed by atoms with Gasteiger partial charge in [0, 0.05) is 11.4 Å². The van der Waals surface area contributed by atoms with Crippen molar-refractivity contribution in [2.75, 3.05) is 10.5 Å². The summed E-state index contributed by atoms with van der Waals surface area (Å²) in [6.45, 7) is 1.84. The molecule has 2 rings (SSSR count). The summed E-state index contributed by atoms with van der Waals surface area (Å²) in [6, 6.07) is 10.2. The molecule has 2 aromatic rings. The Kier molecular flexibility index (Phi) is 3.71. The summed E-state index contributed by atoms with van der Waals surface area (Å²) in [6.07, 6.45) is 1.50. The van der Waals surface area contributed by atoms with Crippen LogP contribution in [0.5, 0.6) is 0 Å². The molecule has 0 amide bonds. The van der Waals surface area contributed by atoms with Crippen LogP contribution in [0.25, 0.3) is 0 Å². The van der Waals surface area contributed by atoms with Gasteiger partial charge >= 0.3 is 0 Å². The number of benzene rings is 1. The van der Waals surface area contributed by atoms with Crippen LogP contribution in [0.3, 0.4) is 0 Å². The number of anilines is 2. The molecule has 100 valence electrons. The summed E-state index contributed by atoms with van der Waals surface area (Å²) in [5, 5.41) is 0. The lowest BCUT2D eigenvalue weighted by molar-refractivity contribution is 0.600. The highest BCUT2D eigenvalue weighted by molar-refractivity contribution is 7.91. The van der Waals surface area contributed by atoms with Crippen LogP contribution in [-0.2, 0) is 15.8 Å². The van der Waals surface area contributed by atoms with Gasteiger partial charge in [-0.05, 0) is 36.8 Å². The van der Waals surface area contributed by atoms with Crippen LogP contribution in [0.15, 0.2) is 42.6 Å². The van der Waals surface area contributed by atoms with Crippen LogP contribution in [0.4, 0.5) is 11.4 Å². The maximum atomic E-state index is 12.0. The van der Waals surface area contributed by atoms with Crippen molar-refractivity contribution in [2.45, 2.75) is 12.7 Å². The zero-order valence-electron chi connectivity index (χ0n) is 10.5. The number of aromatic nitrogens is 1. The van der Waals surface area contributed by atoms with E-state index in [0.29, 0.717) is 16.9 Å². The lowest BCUT2D eigenvalue weighted by Crippen LogP contribution is -2.15. The number of aryl methyl sites for hydroxylation is 1. The molecule has 0 aliphatic carbocycles. The van der Waals surface area contributed by atoms with Crippen molar-refractivity contribution < 1.29 is 8.42 Å². The Morgan fingerprint density at radius 1 is 1.16 bits per heavy atom. The van der Waals surface area contributed by atoms with E-state index in [-0.39, 0.29) is 5.75 Å². The smallest absolute Gasteiger partial charge is 0.236 e. The third-order valence-corrected chi connectivity index (χ3v) is 3.78. The van der Waals surface area contributed by atoms with Crippen molar-refractivity contribution in [3.63, 3.8) is 0 Å². The van der Waals surface area contributed by atoms with Crippen molar-refractivity contribution in [2.24, 2.45) is 0 Å². The number of nitrogens with two attached hydrogens (primary N) is 1. The summed E-state index contributed by atoms with van der Waals surface area (Å²) in [5.74, 6) is -0.0961. The molecule has 1 aromatic carbocycles. The predicted molar refractivity (Wildman–Crippen MR) is 76.1 cm³/mol. The van der Waals surface area contributed by atoms with Gasteiger partial charge in [0.05, 0.1) is 17.6 Å². The fraction of sp³-hybridized carbons (Fsp3) is 0.154. The minimum absolute atomic E-state index is 0.0961. The van der Waals surface area contributed by atoms with E-state index in [4.69, 9.17) is 5.73 Å². The molecular weight excluding hydrogens is 262 g/mol. The highest BCUT2D eigenvalue weighted by Gasteiger charge is 2.11. The number of pyridine rings is 1. The van der Waals surface area contributed by atoms with Gasteiger partial charge in [0.25, 0.3) is 0 Å². The number of nitrogen functional groups attached to an aromatic ring is 1. The van der Waals surface area contributed by atoms with E-state index in [1.165, 1.54) is 6.20 Å². The quantitative estimate of drug-likeness (QED) is 0.836. The molecule has 0 aliphatic heterocycles. The Morgan fingerprint density at radius 2 is 1.84 bits per heavy atom. The predicted octanol–water partition coefficient (Wildman–Crippen LogP) is 1.91. The average Bonchev–Trinajstić information content (AvgIpc) is 2.34. The second kappa shape index (κ2) is 5.27. The van der Waals surface area contributed by atoms with Crippen molar-refractivity contribution in [3.05, 3.63) is 53.9 Å². The van der Waals surface area contributed by atoms with Gasteiger partial charge < -0.3 is 5.73 Å². The van der Waals surface area contributed by atoms with Crippen LogP contribution in [-0.4, -0.2) is 13.4 Å². The van der Waals surface area contributed by atoms with Crippen LogP contribution in [0, 0.1) is 6.92 Å². The summed E-state index contributed by atoms with van der Waals surface area (Å²) in [4.78, 5) is 4.04. The number of rotatable bonds is 4. The van der Waals surface area contributed by atoms with Crippen molar-refractivity contribution in [1.82, 2.24) is 4.98 Å². The van der Waals surface area contributed by atoms with Gasteiger partial charge in [-0.1, -0.05) is 12.1 Å². The number of nitrogens with zero attached hydrogens (tertiary/aromatic N) is 1. The molecule has 0 spiro atoms. The molecule has 3 N–H and O–H groups in total. The summed E-state index contributed by atoms with van der Waals surface area (Å²) in [5.41, 5.74) is 8.14. The van der Waals surface area contributed by atoms with Crippen LogP contribution >= 0.6 is 0 Å². The van der Waals surface area contributed by atoms with Crippen molar-refractivity contribution >= 4 is 21.4 Å². The van der Waals surface area contributed by atoms with Crippen LogP contribution < -0.4 is 10.5 Å². The van der Waals surface area contributed by atoms with E-state index in [2.05, 4.69) is 9.71 Å². The van der Waals surface area contributed by atoms with E-state index in [9.17, 15) is 8.42 Å². The zero-order chi connectivity index (χ0) is 13.9. The lowest BCUT2D eigenvalue weighted by atomic mass is 10.2. The second-order valence-electron chi connectivity index (χ2n) is 4.29. The third kappa shape index (κ3) is 3.96. The van der Waals surface area contributed by atoms with Gasteiger partial charge in [-0.25, -0.2) is 8.42 Å². The monoisotopic (exact) mass is 277 g/mol. The molecule has 0 aliphatic rings. The number of sulfonamides is 1. The van der Waals surface area contributed by atoms with E-state index < -0.39 is 10.0 Å². The topological polar surface area (TPSA) is 85.1 Å². The molecule has 0 fully saturated rings. The minimum atomic E-state index is -3.44.